The molecule has 2 aliphatic rings. The topological polar surface area (TPSA) is 79.3 Å². The van der Waals surface area contributed by atoms with Crippen molar-refractivity contribution in [3.63, 3.8) is 0 Å². The average Bonchev–Trinajstić information content (AvgIpc) is 3.14. The Morgan fingerprint density at radius 3 is 2.56 bits per heavy atom. The standard InChI is InChI=1S/C30H30Cl2N2O5/c1-30(23-13-18(7-10-25(23)32)28(36)33-12-4-5-21(35)17-33)24-14-20(31)8-11-26(24)34(29(30)37)16-19-6-9-22(38-2)15-27(19)39-3/h6-11,13-15,21,35H,4-5,12,16-17H2,1-3H3/t21-,30?/m1/s1. The summed E-state index contributed by atoms with van der Waals surface area (Å²) in [4.78, 5) is 31.0. The molecule has 2 amide bonds. The molecule has 5 rings (SSSR count). The zero-order valence-corrected chi connectivity index (χ0v) is 23.6. The summed E-state index contributed by atoms with van der Waals surface area (Å²) >= 11 is 13.2. The van der Waals surface area contributed by atoms with Crippen molar-refractivity contribution in [1.29, 1.82) is 0 Å². The molecule has 2 aliphatic heterocycles. The van der Waals surface area contributed by atoms with Crippen LogP contribution in [0.3, 0.4) is 0 Å². The highest BCUT2D eigenvalue weighted by molar-refractivity contribution is 6.33. The number of halogens is 2. The molecule has 204 valence electrons. The van der Waals surface area contributed by atoms with Crippen molar-refractivity contribution in [2.45, 2.75) is 37.8 Å². The van der Waals surface area contributed by atoms with E-state index in [1.165, 1.54) is 0 Å². The first kappa shape index (κ1) is 27.3. The highest BCUT2D eigenvalue weighted by atomic mass is 35.5. The van der Waals surface area contributed by atoms with Gasteiger partial charge in [0, 0.05) is 46.0 Å². The van der Waals surface area contributed by atoms with Gasteiger partial charge in [-0.2, -0.15) is 0 Å². The van der Waals surface area contributed by atoms with E-state index in [-0.39, 0.29) is 24.9 Å². The summed E-state index contributed by atoms with van der Waals surface area (Å²) in [6.07, 6.45) is 0.870. The molecule has 0 aliphatic carbocycles. The molecule has 3 aromatic rings. The SMILES string of the molecule is COc1ccc(CN2C(=O)C(C)(c3cc(C(=O)N4CCC[C@@H](O)C4)ccc3Cl)c3cc(Cl)ccc32)c(OC)c1. The highest BCUT2D eigenvalue weighted by Crippen LogP contribution is 2.49. The molecule has 2 heterocycles. The number of aliphatic hydroxyl groups excluding tert-OH is 1. The molecule has 0 aromatic heterocycles. The number of carbonyl (C=O) groups is 2. The van der Waals surface area contributed by atoms with Crippen LogP contribution in [0.15, 0.2) is 54.6 Å². The Labute approximate surface area is 237 Å². The summed E-state index contributed by atoms with van der Waals surface area (Å²) in [7, 11) is 3.16. The zero-order chi connectivity index (χ0) is 27.9. The van der Waals surface area contributed by atoms with E-state index in [4.69, 9.17) is 32.7 Å². The number of ether oxygens (including phenoxy) is 2. The number of piperidine rings is 1. The molecular formula is C30H30Cl2N2O5. The first-order valence-electron chi connectivity index (χ1n) is 12.8. The molecule has 0 bridgehead atoms. The van der Waals surface area contributed by atoms with Crippen LogP contribution in [0.25, 0.3) is 0 Å². The Morgan fingerprint density at radius 2 is 1.85 bits per heavy atom. The molecule has 3 aromatic carbocycles. The van der Waals surface area contributed by atoms with E-state index in [0.717, 1.165) is 12.0 Å². The largest absolute Gasteiger partial charge is 0.497 e. The fraction of sp³-hybridized carbons (Fsp3) is 0.333. The number of rotatable bonds is 6. The summed E-state index contributed by atoms with van der Waals surface area (Å²) in [5.74, 6) is 0.847. The summed E-state index contributed by atoms with van der Waals surface area (Å²) in [6.45, 7) is 2.91. The summed E-state index contributed by atoms with van der Waals surface area (Å²) in [5, 5.41) is 10.9. The molecule has 0 saturated carbocycles. The molecule has 0 radical (unpaired) electrons. The van der Waals surface area contributed by atoms with E-state index in [1.807, 2.05) is 25.1 Å². The van der Waals surface area contributed by atoms with E-state index in [1.54, 1.807) is 60.4 Å². The van der Waals surface area contributed by atoms with Gasteiger partial charge in [-0.15, -0.1) is 0 Å². The number of methoxy groups -OCH3 is 2. The van der Waals surface area contributed by atoms with Crippen LogP contribution < -0.4 is 14.4 Å². The van der Waals surface area contributed by atoms with E-state index < -0.39 is 11.5 Å². The molecule has 1 N–H and O–H groups in total. The van der Waals surface area contributed by atoms with Crippen LogP contribution in [-0.4, -0.2) is 55.2 Å². The van der Waals surface area contributed by atoms with Gasteiger partial charge >= 0.3 is 0 Å². The molecule has 2 atom stereocenters. The number of β-amino-alcohol motifs (C(OH)–C–C–N with tert-alkyl or cyclic N) is 1. The maximum Gasteiger partial charge on any atom is 0.253 e. The number of carbonyl (C=O) groups excluding carboxylic acids is 2. The van der Waals surface area contributed by atoms with Gasteiger partial charge in [0.15, 0.2) is 0 Å². The van der Waals surface area contributed by atoms with Gasteiger partial charge in [0.2, 0.25) is 5.91 Å². The molecular weight excluding hydrogens is 539 g/mol. The highest BCUT2D eigenvalue weighted by Gasteiger charge is 2.50. The third-order valence-electron chi connectivity index (χ3n) is 7.72. The average molecular weight is 569 g/mol. The number of amides is 2. The maximum atomic E-state index is 14.3. The van der Waals surface area contributed by atoms with Gasteiger partial charge in [-0.05, 0) is 79.4 Å². The predicted molar refractivity (Wildman–Crippen MR) is 151 cm³/mol. The Hall–Kier alpha value is -3.26. The summed E-state index contributed by atoms with van der Waals surface area (Å²) < 4.78 is 10.9. The second-order valence-electron chi connectivity index (χ2n) is 10.1. The predicted octanol–water partition coefficient (Wildman–Crippen LogP) is 5.46. The quantitative estimate of drug-likeness (QED) is 0.427. The van der Waals surface area contributed by atoms with Gasteiger partial charge in [0.05, 0.1) is 26.9 Å². The smallest absolute Gasteiger partial charge is 0.253 e. The Bertz CT molecular complexity index is 1440. The molecule has 1 unspecified atom stereocenters. The first-order valence-corrected chi connectivity index (χ1v) is 13.5. The van der Waals surface area contributed by atoms with Crippen LogP contribution in [0.4, 0.5) is 5.69 Å². The lowest BCUT2D eigenvalue weighted by molar-refractivity contribution is -0.121. The van der Waals surface area contributed by atoms with Crippen LogP contribution in [-0.2, 0) is 16.8 Å². The molecule has 39 heavy (non-hydrogen) atoms. The number of hydrogen-bond acceptors (Lipinski definition) is 5. The van der Waals surface area contributed by atoms with Crippen molar-refractivity contribution in [3.05, 3.63) is 86.9 Å². The van der Waals surface area contributed by atoms with Crippen LogP contribution in [0.1, 0.15) is 46.8 Å². The number of anilines is 1. The van der Waals surface area contributed by atoms with Gasteiger partial charge in [0.1, 0.15) is 16.9 Å². The fourth-order valence-electron chi connectivity index (χ4n) is 5.57. The lowest BCUT2D eigenvalue weighted by Gasteiger charge is -2.31. The fourth-order valence-corrected chi connectivity index (χ4v) is 6.05. The van der Waals surface area contributed by atoms with Gasteiger partial charge in [-0.1, -0.05) is 23.2 Å². The molecule has 9 heteroatoms. The van der Waals surface area contributed by atoms with E-state index in [0.29, 0.717) is 56.9 Å². The van der Waals surface area contributed by atoms with Crippen LogP contribution >= 0.6 is 23.2 Å². The minimum Gasteiger partial charge on any atom is -0.497 e. The Morgan fingerprint density at radius 1 is 1.05 bits per heavy atom. The van der Waals surface area contributed by atoms with Gasteiger partial charge < -0.3 is 24.4 Å². The molecule has 1 fully saturated rings. The number of likely N-dealkylation sites (tertiary alicyclic amines) is 1. The van der Waals surface area contributed by atoms with Crippen LogP contribution in [0, 0.1) is 0 Å². The van der Waals surface area contributed by atoms with E-state index in [2.05, 4.69) is 0 Å². The van der Waals surface area contributed by atoms with Crippen LogP contribution in [0.2, 0.25) is 10.0 Å². The second kappa shape index (κ2) is 10.7. The number of hydrogen-bond donors (Lipinski definition) is 1. The second-order valence-corrected chi connectivity index (χ2v) is 10.9. The number of benzene rings is 3. The molecule has 0 spiro atoms. The van der Waals surface area contributed by atoms with Crippen molar-refractivity contribution in [1.82, 2.24) is 4.90 Å². The minimum absolute atomic E-state index is 0.197. The maximum absolute atomic E-state index is 14.3. The van der Waals surface area contributed by atoms with E-state index in [9.17, 15) is 14.7 Å². The van der Waals surface area contributed by atoms with Gasteiger partial charge in [0.25, 0.3) is 5.91 Å². The van der Waals surface area contributed by atoms with Gasteiger partial charge in [-0.25, -0.2) is 0 Å². The third-order valence-corrected chi connectivity index (χ3v) is 8.28. The molecule has 7 nitrogen and oxygen atoms in total. The first-order chi connectivity index (χ1) is 18.7. The Balaban J connectivity index is 1.57. The van der Waals surface area contributed by atoms with Crippen molar-refractivity contribution >= 4 is 40.7 Å². The number of aliphatic hydroxyl groups is 1. The normalized spacial score (nSPS) is 20.7. The zero-order valence-electron chi connectivity index (χ0n) is 22.0. The third kappa shape index (κ3) is 4.84. The van der Waals surface area contributed by atoms with Gasteiger partial charge in [-0.3, -0.25) is 9.59 Å². The van der Waals surface area contributed by atoms with Crippen LogP contribution in [0.5, 0.6) is 11.5 Å². The number of fused-ring (bicyclic) bond motifs is 1. The van der Waals surface area contributed by atoms with Crippen molar-refractivity contribution in [2.75, 3.05) is 32.2 Å². The monoisotopic (exact) mass is 568 g/mol. The lowest BCUT2D eigenvalue weighted by Crippen LogP contribution is -2.42. The lowest BCUT2D eigenvalue weighted by atomic mass is 9.76. The molecule has 1 saturated heterocycles. The summed E-state index contributed by atoms with van der Waals surface area (Å²) in [6, 6.07) is 15.9. The minimum atomic E-state index is -1.20. The van der Waals surface area contributed by atoms with Crippen molar-refractivity contribution in [3.8, 4) is 11.5 Å². The van der Waals surface area contributed by atoms with E-state index >= 15 is 0 Å². The van der Waals surface area contributed by atoms with Crippen molar-refractivity contribution < 1.29 is 24.2 Å². The number of nitrogens with zero attached hydrogens (tertiary/aromatic N) is 2. The summed E-state index contributed by atoms with van der Waals surface area (Å²) in [5.41, 5.74) is 1.94. The Kier molecular flexibility index (Phi) is 7.51. The van der Waals surface area contributed by atoms with Crippen molar-refractivity contribution in [2.24, 2.45) is 0 Å².